The maximum atomic E-state index is 15.1. The lowest BCUT2D eigenvalue weighted by molar-refractivity contribution is 0.0645. The highest BCUT2D eigenvalue weighted by Crippen LogP contribution is 2.24. The molecule has 45 heavy (non-hydrogen) atoms. The number of halogens is 1. The fourth-order valence-corrected chi connectivity index (χ4v) is 5.88. The number of rotatable bonds is 10. The summed E-state index contributed by atoms with van der Waals surface area (Å²) in [4.78, 5) is 46.9. The molecule has 0 aliphatic carbocycles. The number of hydrogen-bond donors (Lipinski definition) is 1. The van der Waals surface area contributed by atoms with Crippen LogP contribution in [0.2, 0.25) is 0 Å². The van der Waals surface area contributed by atoms with Crippen molar-refractivity contribution in [2.24, 2.45) is 5.92 Å². The Hall–Kier alpha value is -4.31. The Bertz CT molecular complexity index is 1450. The van der Waals surface area contributed by atoms with Gasteiger partial charge in [0.05, 0.1) is 24.8 Å². The van der Waals surface area contributed by atoms with E-state index in [4.69, 9.17) is 9.47 Å². The van der Waals surface area contributed by atoms with Gasteiger partial charge >= 0.3 is 0 Å². The second-order valence-corrected chi connectivity index (χ2v) is 12.0. The van der Waals surface area contributed by atoms with Crippen molar-refractivity contribution in [2.75, 3.05) is 33.3 Å². The minimum Gasteiger partial charge on any atom is -0.497 e. The van der Waals surface area contributed by atoms with Crippen LogP contribution in [0.5, 0.6) is 11.5 Å². The standard InChI is InChI=1S/C35H41FN4O5/c1-23(2)45-29-9-4-24(5-10-29)21-39-17-16-31(30(36)22-39)38-34(42)27-8-13-32(37-20-27)35(43)40-18-14-26(15-19-40)33(41)25-6-11-28(44-3)12-7-25/h4-13,20,23,26,30-31H,14-19,21-22H2,1-3H3,(H,38,42)/t30-,31-/m1/s1. The number of nitrogens with one attached hydrogen (secondary N) is 1. The molecule has 2 aromatic carbocycles. The number of pyridine rings is 1. The summed E-state index contributed by atoms with van der Waals surface area (Å²) in [6.45, 7) is 6.36. The van der Waals surface area contributed by atoms with Crippen LogP contribution in [0, 0.1) is 5.92 Å². The van der Waals surface area contributed by atoms with Gasteiger partial charge in [0.15, 0.2) is 5.78 Å². The topological polar surface area (TPSA) is 101 Å². The predicted molar refractivity (Wildman–Crippen MR) is 168 cm³/mol. The minimum atomic E-state index is -1.21. The molecule has 10 heteroatoms. The molecular formula is C35H41FN4O5. The normalized spacial score (nSPS) is 19.3. The highest BCUT2D eigenvalue weighted by molar-refractivity contribution is 5.99. The number of alkyl halides is 1. The summed E-state index contributed by atoms with van der Waals surface area (Å²) in [5.41, 5.74) is 2.22. The van der Waals surface area contributed by atoms with Crippen LogP contribution in [-0.2, 0) is 6.54 Å². The lowest BCUT2D eigenvalue weighted by Crippen LogP contribution is -2.52. The second-order valence-electron chi connectivity index (χ2n) is 12.0. The smallest absolute Gasteiger partial charge is 0.272 e. The number of ether oxygens (including phenoxy) is 2. The average Bonchev–Trinajstić information content (AvgIpc) is 3.06. The van der Waals surface area contributed by atoms with Gasteiger partial charge in [-0.1, -0.05) is 12.1 Å². The fraction of sp³-hybridized carbons (Fsp3) is 0.429. The maximum Gasteiger partial charge on any atom is 0.272 e. The van der Waals surface area contributed by atoms with Gasteiger partial charge < -0.3 is 19.7 Å². The summed E-state index contributed by atoms with van der Waals surface area (Å²) >= 11 is 0. The summed E-state index contributed by atoms with van der Waals surface area (Å²) in [6, 6.07) is 17.4. The number of ketones is 1. The Morgan fingerprint density at radius 2 is 1.58 bits per heavy atom. The van der Waals surface area contributed by atoms with Crippen molar-refractivity contribution in [1.82, 2.24) is 20.1 Å². The van der Waals surface area contributed by atoms with E-state index in [1.54, 1.807) is 42.3 Å². The molecule has 9 nitrogen and oxygen atoms in total. The molecule has 1 aromatic heterocycles. The molecule has 2 fully saturated rings. The van der Waals surface area contributed by atoms with Crippen LogP contribution in [0.3, 0.4) is 0 Å². The number of amides is 2. The Morgan fingerprint density at radius 1 is 0.911 bits per heavy atom. The SMILES string of the molecule is COc1ccc(C(=O)C2CCN(C(=O)c3ccc(C(=O)N[C@@H]4CCN(Cc5ccc(OC(C)C)cc5)C[C@H]4F)cn3)CC2)cc1. The van der Waals surface area contributed by atoms with Crippen molar-refractivity contribution in [1.29, 1.82) is 0 Å². The summed E-state index contributed by atoms with van der Waals surface area (Å²) in [5.74, 6) is 0.772. The summed E-state index contributed by atoms with van der Waals surface area (Å²) in [6.07, 6.45) is 1.88. The zero-order valence-electron chi connectivity index (χ0n) is 26.1. The fourth-order valence-electron chi connectivity index (χ4n) is 5.88. The first kappa shape index (κ1) is 32.1. The molecule has 3 aromatic rings. The number of Topliss-reactive ketones (excluding diaryl/α,β-unsaturated/α-hetero) is 1. The van der Waals surface area contributed by atoms with Gasteiger partial charge in [-0.3, -0.25) is 24.3 Å². The third-order valence-electron chi connectivity index (χ3n) is 8.42. The van der Waals surface area contributed by atoms with Gasteiger partial charge in [0.2, 0.25) is 0 Å². The van der Waals surface area contributed by atoms with Crippen LogP contribution in [0.15, 0.2) is 66.9 Å². The molecule has 0 spiro atoms. The van der Waals surface area contributed by atoms with Crippen molar-refractivity contribution in [2.45, 2.75) is 58.0 Å². The highest BCUT2D eigenvalue weighted by Gasteiger charge is 2.31. The van der Waals surface area contributed by atoms with Crippen molar-refractivity contribution < 1.29 is 28.2 Å². The lowest BCUT2D eigenvalue weighted by Gasteiger charge is -2.35. The molecule has 0 saturated carbocycles. The molecule has 0 radical (unpaired) electrons. The monoisotopic (exact) mass is 616 g/mol. The van der Waals surface area contributed by atoms with Crippen molar-refractivity contribution in [3.05, 3.63) is 89.2 Å². The van der Waals surface area contributed by atoms with Crippen LogP contribution in [0.25, 0.3) is 0 Å². The van der Waals surface area contributed by atoms with Crippen molar-refractivity contribution >= 4 is 17.6 Å². The van der Waals surface area contributed by atoms with E-state index in [1.807, 2.05) is 43.0 Å². The molecule has 3 heterocycles. The van der Waals surface area contributed by atoms with Gasteiger partial charge in [-0.05, 0) is 87.2 Å². The first-order valence-electron chi connectivity index (χ1n) is 15.6. The van der Waals surface area contributed by atoms with Gasteiger partial charge in [0.25, 0.3) is 11.8 Å². The van der Waals surface area contributed by atoms with Crippen LogP contribution in [0.4, 0.5) is 4.39 Å². The molecule has 2 saturated heterocycles. The molecule has 238 valence electrons. The zero-order valence-corrected chi connectivity index (χ0v) is 26.1. The minimum absolute atomic E-state index is 0.0711. The average molecular weight is 617 g/mol. The van der Waals surface area contributed by atoms with E-state index < -0.39 is 18.1 Å². The van der Waals surface area contributed by atoms with E-state index in [0.29, 0.717) is 56.8 Å². The van der Waals surface area contributed by atoms with Gasteiger partial charge in [0, 0.05) is 50.4 Å². The number of piperidine rings is 2. The largest absolute Gasteiger partial charge is 0.497 e. The van der Waals surface area contributed by atoms with Crippen molar-refractivity contribution in [3.8, 4) is 11.5 Å². The van der Waals surface area contributed by atoms with E-state index in [-0.39, 0.29) is 41.5 Å². The van der Waals surface area contributed by atoms with Gasteiger partial charge in [-0.15, -0.1) is 0 Å². The lowest BCUT2D eigenvalue weighted by atomic mass is 9.88. The Balaban J connectivity index is 1.07. The van der Waals surface area contributed by atoms with E-state index in [2.05, 4.69) is 10.3 Å². The molecule has 0 unspecified atom stereocenters. The zero-order chi connectivity index (χ0) is 31.9. The Labute approximate surface area is 263 Å². The Kier molecular flexibility index (Phi) is 10.4. The number of benzene rings is 2. The van der Waals surface area contributed by atoms with E-state index in [0.717, 1.165) is 11.3 Å². The first-order chi connectivity index (χ1) is 21.7. The summed E-state index contributed by atoms with van der Waals surface area (Å²) in [5, 5.41) is 2.81. The number of hydrogen-bond acceptors (Lipinski definition) is 7. The molecular weight excluding hydrogens is 575 g/mol. The molecule has 2 amide bonds. The Morgan fingerprint density at radius 3 is 2.18 bits per heavy atom. The maximum absolute atomic E-state index is 15.1. The summed E-state index contributed by atoms with van der Waals surface area (Å²) < 4.78 is 25.9. The number of carbonyl (C=O) groups excluding carboxylic acids is 3. The molecule has 2 aliphatic rings. The van der Waals surface area contributed by atoms with Crippen molar-refractivity contribution in [3.63, 3.8) is 0 Å². The molecule has 2 aliphatic heterocycles. The summed E-state index contributed by atoms with van der Waals surface area (Å²) in [7, 11) is 1.58. The molecule has 0 bridgehead atoms. The predicted octanol–water partition coefficient (Wildman–Crippen LogP) is 4.95. The van der Waals surface area contributed by atoms with E-state index in [1.165, 1.54) is 12.3 Å². The first-order valence-corrected chi connectivity index (χ1v) is 15.6. The van der Waals surface area contributed by atoms with Gasteiger partial charge in [0.1, 0.15) is 23.4 Å². The van der Waals surface area contributed by atoms with Crippen LogP contribution in [-0.4, -0.2) is 84.0 Å². The second kappa shape index (κ2) is 14.6. The van der Waals surface area contributed by atoms with Gasteiger partial charge in [-0.2, -0.15) is 0 Å². The van der Waals surface area contributed by atoms with Gasteiger partial charge in [-0.25, -0.2) is 4.39 Å². The molecule has 5 rings (SSSR count). The van der Waals surface area contributed by atoms with Crippen LogP contribution >= 0.6 is 0 Å². The number of likely N-dealkylation sites (tertiary alicyclic amines) is 2. The van der Waals surface area contributed by atoms with E-state index >= 15 is 4.39 Å². The third kappa shape index (κ3) is 8.25. The number of carbonyl (C=O) groups is 3. The molecule has 1 N–H and O–H groups in total. The number of nitrogens with zero attached hydrogens (tertiary/aromatic N) is 3. The number of aromatic nitrogens is 1. The highest BCUT2D eigenvalue weighted by atomic mass is 19.1. The third-order valence-corrected chi connectivity index (χ3v) is 8.42. The quantitative estimate of drug-likeness (QED) is 0.322. The van der Waals surface area contributed by atoms with Crippen LogP contribution in [0.1, 0.15) is 69.9 Å². The number of methoxy groups -OCH3 is 1. The van der Waals surface area contributed by atoms with Crippen LogP contribution < -0.4 is 14.8 Å². The van der Waals surface area contributed by atoms with E-state index in [9.17, 15) is 14.4 Å². The molecule has 2 atom stereocenters.